The molecule has 1 aliphatic carbocycles. The molecular weight excluding hydrogens is 252 g/mol. The van der Waals surface area contributed by atoms with Crippen LogP contribution in [0.25, 0.3) is 10.8 Å². The maximum Gasteiger partial charge on any atom is 0.277 e. The Morgan fingerprint density at radius 2 is 1.65 bits per heavy atom. The maximum atomic E-state index is 10.6. The van der Waals surface area contributed by atoms with Gasteiger partial charge in [0.25, 0.3) is 5.69 Å². The molecule has 0 bridgehead atoms. The van der Waals surface area contributed by atoms with Gasteiger partial charge in [-0.3, -0.25) is 10.1 Å². The molecule has 0 aromatic heterocycles. The zero-order valence-electron chi connectivity index (χ0n) is 11.5. The molecule has 0 atom stereocenters. The van der Waals surface area contributed by atoms with Crippen molar-refractivity contribution in [3.63, 3.8) is 0 Å². The van der Waals surface area contributed by atoms with Crippen LogP contribution in [0.1, 0.15) is 32.1 Å². The van der Waals surface area contributed by atoms with Crippen molar-refractivity contribution in [3.8, 4) is 0 Å². The Bertz CT molecular complexity index is 572. The molecule has 1 aliphatic rings. The highest BCUT2D eigenvalue weighted by Gasteiger charge is 2.09. The molecule has 2 aromatic rings. The molecule has 0 radical (unpaired) electrons. The van der Waals surface area contributed by atoms with Crippen LogP contribution in [0.4, 0.5) is 5.69 Å². The molecule has 106 valence electrons. The van der Waals surface area contributed by atoms with E-state index in [9.17, 15) is 10.1 Å². The van der Waals surface area contributed by atoms with Gasteiger partial charge >= 0.3 is 0 Å². The van der Waals surface area contributed by atoms with Crippen LogP contribution in [0.2, 0.25) is 0 Å². The van der Waals surface area contributed by atoms with E-state index < -0.39 is 0 Å². The van der Waals surface area contributed by atoms with Crippen molar-refractivity contribution in [3.05, 3.63) is 52.6 Å². The monoisotopic (exact) mass is 272 g/mol. The number of fused-ring (bicyclic) bond motifs is 1. The van der Waals surface area contributed by atoms with E-state index in [0.717, 1.165) is 5.39 Å². The number of nitro groups is 1. The Morgan fingerprint density at radius 3 is 2.25 bits per heavy atom. The second kappa shape index (κ2) is 7.01. The van der Waals surface area contributed by atoms with E-state index in [2.05, 4.69) is 0 Å². The van der Waals surface area contributed by atoms with E-state index in [4.69, 9.17) is 5.73 Å². The van der Waals surface area contributed by atoms with Gasteiger partial charge in [0.05, 0.1) is 10.3 Å². The molecule has 20 heavy (non-hydrogen) atoms. The van der Waals surface area contributed by atoms with Crippen molar-refractivity contribution in [2.45, 2.75) is 38.1 Å². The molecule has 2 aromatic carbocycles. The highest BCUT2D eigenvalue weighted by Crippen LogP contribution is 2.24. The number of hydrogen-bond acceptors (Lipinski definition) is 3. The molecule has 4 heteroatoms. The summed E-state index contributed by atoms with van der Waals surface area (Å²) in [6.07, 6.45) is 6.66. The summed E-state index contributed by atoms with van der Waals surface area (Å²) in [5, 5.41) is 12.2. The summed E-state index contributed by atoms with van der Waals surface area (Å²) < 4.78 is 0. The molecule has 1 fully saturated rings. The fourth-order valence-electron chi connectivity index (χ4n) is 2.50. The Balaban J connectivity index is 0.000000178. The fraction of sp³-hybridized carbons (Fsp3) is 0.375. The number of rotatable bonds is 1. The van der Waals surface area contributed by atoms with Crippen LogP contribution in [0.3, 0.4) is 0 Å². The van der Waals surface area contributed by atoms with Crippen LogP contribution in [0, 0.1) is 10.1 Å². The summed E-state index contributed by atoms with van der Waals surface area (Å²) in [7, 11) is 0. The Morgan fingerprint density at radius 1 is 1.00 bits per heavy atom. The van der Waals surface area contributed by atoms with Crippen molar-refractivity contribution >= 4 is 16.5 Å². The molecule has 0 spiro atoms. The molecule has 0 aliphatic heterocycles. The van der Waals surface area contributed by atoms with Crippen molar-refractivity contribution in [1.29, 1.82) is 0 Å². The normalized spacial score (nSPS) is 15.4. The molecule has 1 saturated carbocycles. The number of hydrogen-bond donors (Lipinski definition) is 1. The second-order valence-electron chi connectivity index (χ2n) is 5.15. The van der Waals surface area contributed by atoms with Crippen molar-refractivity contribution in [2.24, 2.45) is 5.73 Å². The zero-order valence-corrected chi connectivity index (χ0v) is 11.5. The highest BCUT2D eigenvalue weighted by atomic mass is 16.6. The van der Waals surface area contributed by atoms with Gasteiger partial charge in [0.1, 0.15) is 0 Å². The summed E-state index contributed by atoms with van der Waals surface area (Å²) >= 11 is 0. The number of nitro benzene ring substituents is 1. The van der Waals surface area contributed by atoms with Gasteiger partial charge in [0.2, 0.25) is 0 Å². The van der Waals surface area contributed by atoms with E-state index in [0.29, 0.717) is 11.4 Å². The van der Waals surface area contributed by atoms with E-state index >= 15 is 0 Å². The second-order valence-corrected chi connectivity index (χ2v) is 5.15. The van der Waals surface area contributed by atoms with E-state index in [1.54, 1.807) is 18.2 Å². The summed E-state index contributed by atoms with van der Waals surface area (Å²) in [4.78, 5) is 10.3. The van der Waals surface area contributed by atoms with Crippen molar-refractivity contribution in [1.82, 2.24) is 0 Å². The fourth-order valence-corrected chi connectivity index (χ4v) is 2.50. The van der Waals surface area contributed by atoms with Gasteiger partial charge in [0, 0.05) is 12.1 Å². The van der Waals surface area contributed by atoms with Crippen LogP contribution in [0.5, 0.6) is 0 Å². The minimum Gasteiger partial charge on any atom is -0.328 e. The third-order valence-corrected chi connectivity index (χ3v) is 3.61. The third kappa shape index (κ3) is 3.78. The Labute approximate surface area is 118 Å². The van der Waals surface area contributed by atoms with Crippen LogP contribution < -0.4 is 5.73 Å². The first kappa shape index (κ1) is 14.5. The maximum absolute atomic E-state index is 10.6. The predicted molar refractivity (Wildman–Crippen MR) is 81.7 cm³/mol. The van der Waals surface area contributed by atoms with Crippen molar-refractivity contribution in [2.75, 3.05) is 0 Å². The lowest BCUT2D eigenvalue weighted by atomic mass is 9.97. The van der Waals surface area contributed by atoms with Crippen LogP contribution in [0.15, 0.2) is 42.5 Å². The van der Waals surface area contributed by atoms with Gasteiger partial charge in [-0.25, -0.2) is 0 Å². The molecule has 4 nitrogen and oxygen atoms in total. The Hall–Kier alpha value is -1.94. The van der Waals surface area contributed by atoms with Gasteiger partial charge in [-0.05, 0) is 24.3 Å². The highest BCUT2D eigenvalue weighted by molar-refractivity contribution is 5.90. The lowest BCUT2D eigenvalue weighted by Gasteiger charge is -2.15. The van der Waals surface area contributed by atoms with E-state index in [1.807, 2.05) is 18.2 Å². The third-order valence-electron chi connectivity index (χ3n) is 3.61. The quantitative estimate of drug-likeness (QED) is 0.629. The predicted octanol–water partition coefficient (Wildman–Crippen LogP) is 4.03. The molecule has 0 amide bonds. The first-order chi connectivity index (χ1) is 9.68. The number of nitrogens with two attached hydrogens (primary N) is 1. The average molecular weight is 272 g/mol. The number of nitrogens with zero attached hydrogens (tertiary/aromatic N) is 1. The van der Waals surface area contributed by atoms with E-state index in [1.165, 1.54) is 38.2 Å². The van der Waals surface area contributed by atoms with Gasteiger partial charge in [-0.15, -0.1) is 0 Å². The SMILES string of the molecule is NC1CCCCC1.O=[N+]([O-])c1cccc2ccccc12. The summed E-state index contributed by atoms with van der Waals surface area (Å²) in [6.45, 7) is 0. The molecule has 0 unspecified atom stereocenters. The smallest absolute Gasteiger partial charge is 0.277 e. The standard InChI is InChI=1S/C10H7NO2.C6H13N/c12-11(13)10-7-3-5-8-4-1-2-6-9(8)10;7-6-4-2-1-3-5-6/h1-7H;6H,1-5,7H2. The zero-order chi connectivity index (χ0) is 14.4. The van der Waals surface area contributed by atoms with Gasteiger partial charge < -0.3 is 5.73 Å². The topological polar surface area (TPSA) is 69.2 Å². The number of benzene rings is 2. The first-order valence-corrected chi connectivity index (χ1v) is 7.06. The van der Waals surface area contributed by atoms with Gasteiger partial charge in [-0.1, -0.05) is 49.6 Å². The molecular formula is C16H20N2O2. The molecule has 2 N–H and O–H groups in total. The molecule has 0 heterocycles. The first-order valence-electron chi connectivity index (χ1n) is 7.06. The summed E-state index contributed by atoms with van der Waals surface area (Å²) in [5.74, 6) is 0. The molecule has 0 saturated heterocycles. The van der Waals surface area contributed by atoms with Crippen LogP contribution >= 0.6 is 0 Å². The average Bonchev–Trinajstić information content (AvgIpc) is 2.48. The minimum atomic E-state index is -0.359. The minimum absolute atomic E-state index is 0.165. The largest absolute Gasteiger partial charge is 0.328 e. The van der Waals surface area contributed by atoms with Crippen molar-refractivity contribution < 1.29 is 4.92 Å². The lowest BCUT2D eigenvalue weighted by molar-refractivity contribution is -0.383. The van der Waals surface area contributed by atoms with Crippen LogP contribution in [-0.4, -0.2) is 11.0 Å². The summed E-state index contributed by atoms with van der Waals surface area (Å²) in [6, 6.07) is 12.9. The lowest BCUT2D eigenvalue weighted by Crippen LogP contribution is -2.22. The van der Waals surface area contributed by atoms with Crippen LogP contribution in [-0.2, 0) is 0 Å². The molecule has 3 rings (SSSR count). The summed E-state index contributed by atoms with van der Waals surface area (Å²) in [5.41, 5.74) is 5.80. The van der Waals surface area contributed by atoms with Gasteiger partial charge in [0.15, 0.2) is 0 Å². The van der Waals surface area contributed by atoms with E-state index in [-0.39, 0.29) is 10.6 Å². The number of non-ortho nitro benzene ring substituents is 1. The van der Waals surface area contributed by atoms with Gasteiger partial charge in [-0.2, -0.15) is 0 Å². The Kier molecular flexibility index (Phi) is 5.07.